The van der Waals surface area contributed by atoms with E-state index in [1.54, 1.807) is 49.4 Å². The van der Waals surface area contributed by atoms with E-state index in [4.69, 9.17) is 16.0 Å². The van der Waals surface area contributed by atoms with Crippen molar-refractivity contribution in [2.24, 2.45) is 0 Å². The Bertz CT molecular complexity index is 883. The first kappa shape index (κ1) is 15.2. The highest BCUT2D eigenvalue weighted by atomic mass is 35.5. The second kappa shape index (κ2) is 6.22. The lowest BCUT2D eigenvalue weighted by atomic mass is 10.1. The summed E-state index contributed by atoms with van der Waals surface area (Å²) in [5, 5.41) is 4.79. The first-order chi connectivity index (χ1) is 11.1. The van der Waals surface area contributed by atoms with Gasteiger partial charge in [0.15, 0.2) is 11.5 Å². The Morgan fingerprint density at radius 2 is 1.91 bits per heavy atom. The van der Waals surface area contributed by atoms with E-state index in [0.717, 1.165) is 4.68 Å². The van der Waals surface area contributed by atoms with Crippen molar-refractivity contribution >= 4 is 17.4 Å². The third-order valence-corrected chi connectivity index (χ3v) is 3.73. The fourth-order valence-electron chi connectivity index (χ4n) is 2.22. The first-order valence-corrected chi connectivity index (χ1v) is 7.37. The summed E-state index contributed by atoms with van der Waals surface area (Å²) in [6.07, 6.45) is 1.52. The maximum Gasteiger partial charge on any atom is 0.267 e. The van der Waals surface area contributed by atoms with Crippen LogP contribution in [0.2, 0.25) is 5.02 Å². The molecule has 0 aliphatic carbocycles. The molecule has 0 bridgehead atoms. The van der Waals surface area contributed by atoms with Gasteiger partial charge in [-0.25, -0.2) is 4.68 Å². The Labute approximate surface area is 137 Å². The third-order valence-electron chi connectivity index (χ3n) is 3.47. The van der Waals surface area contributed by atoms with E-state index in [1.807, 2.05) is 0 Å². The number of nitrogens with zero attached hydrogens (tertiary/aromatic N) is 2. The van der Waals surface area contributed by atoms with Crippen LogP contribution in [0.1, 0.15) is 23.3 Å². The summed E-state index contributed by atoms with van der Waals surface area (Å²) in [5.74, 6) is 0.317. The molecule has 0 saturated heterocycles. The Morgan fingerprint density at radius 3 is 2.57 bits per heavy atom. The molecule has 0 N–H and O–H groups in total. The van der Waals surface area contributed by atoms with E-state index in [-0.39, 0.29) is 11.3 Å². The lowest BCUT2D eigenvalue weighted by Crippen LogP contribution is -2.30. The molecule has 0 fully saturated rings. The fraction of sp³-hybridized carbons (Fsp3) is 0.118. The molecule has 0 radical (unpaired) electrons. The number of hydrogen-bond acceptors (Lipinski definition) is 4. The minimum atomic E-state index is -0.737. The molecule has 0 aliphatic heterocycles. The van der Waals surface area contributed by atoms with Gasteiger partial charge in [0.2, 0.25) is 0 Å². The van der Waals surface area contributed by atoms with Gasteiger partial charge in [0.25, 0.3) is 5.56 Å². The fourth-order valence-corrected chi connectivity index (χ4v) is 2.35. The van der Waals surface area contributed by atoms with Gasteiger partial charge in [0.1, 0.15) is 11.7 Å². The van der Waals surface area contributed by atoms with Crippen LogP contribution in [0.3, 0.4) is 0 Å². The number of carbonyl (C=O) groups excluding carboxylic acids is 1. The number of Topliss-reactive ketones (excluding diaryl/α,β-unsaturated/α-hetero) is 1. The molecule has 116 valence electrons. The van der Waals surface area contributed by atoms with Crippen molar-refractivity contribution in [2.45, 2.75) is 13.0 Å². The standard InChI is InChI=1S/C17H13ClN2O3/c1-11(17(22)12-4-6-13(18)7-5-12)20-16(21)9-8-14(19-20)15-3-2-10-23-15/h2-11H,1H3/t11-/m1/s1. The Hall–Kier alpha value is -2.66. The molecule has 23 heavy (non-hydrogen) atoms. The highest BCUT2D eigenvalue weighted by molar-refractivity contribution is 6.30. The van der Waals surface area contributed by atoms with Crippen LogP contribution in [0, 0.1) is 0 Å². The smallest absolute Gasteiger partial charge is 0.267 e. The van der Waals surface area contributed by atoms with Gasteiger partial charge in [-0.2, -0.15) is 5.10 Å². The average molecular weight is 329 g/mol. The van der Waals surface area contributed by atoms with Crippen molar-refractivity contribution in [2.75, 3.05) is 0 Å². The van der Waals surface area contributed by atoms with Gasteiger partial charge < -0.3 is 4.42 Å². The van der Waals surface area contributed by atoms with Crippen molar-refractivity contribution in [3.63, 3.8) is 0 Å². The average Bonchev–Trinajstić information content (AvgIpc) is 3.09. The third kappa shape index (κ3) is 3.10. The summed E-state index contributed by atoms with van der Waals surface area (Å²) in [4.78, 5) is 24.6. The van der Waals surface area contributed by atoms with Gasteiger partial charge in [0, 0.05) is 16.7 Å². The van der Waals surface area contributed by atoms with Crippen LogP contribution in [-0.4, -0.2) is 15.6 Å². The Kier molecular flexibility index (Phi) is 4.12. The molecular weight excluding hydrogens is 316 g/mol. The molecule has 1 atom stereocenters. The number of carbonyl (C=O) groups is 1. The minimum Gasteiger partial charge on any atom is -0.463 e. The van der Waals surface area contributed by atoms with E-state index < -0.39 is 6.04 Å². The molecule has 0 aliphatic rings. The second-order valence-corrected chi connectivity index (χ2v) is 5.46. The topological polar surface area (TPSA) is 65.1 Å². The van der Waals surface area contributed by atoms with Gasteiger partial charge in [-0.05, 0) is 49.4 Å². The monoisotopic (exact) mass is 328 g/mol. The molecule has 0 spiro atoms. The molecule has 5 nitrogen and oxygen atoms in total. The van der Waals surface area contributed by atoms with Gasteiger partial charge in [0.05, 0.1) is 6.26 Å². The van der Waals surface area contributed by atoms with Crippen molar-refractivity contribution in [3.8, 4) is 11.5 Å². The maximum atomic E-state index is 12.5. The lowest BCUT2D eigenvalue weighted by molar-refractivity contribution is 0.0925. The van der Waals surface area contributed by atoms with E-state index in [0.29, 0.717) is 22.0 Å². The summed E-state index contributed by atoms with van der Waals surface area (Å²) in [6, 6.07) is 12.2. The van der Waals surface area contributed by atoms with Gasteiger partial charge >= 0.3 is 0 Å². The van der Waals surface area contributed by atoms with Gasteiger partial charge in [-0.15, -0.1) is 0 Å². The molecule has 2 aromatic heterocycles. The van der Waals surface area contributed by atoms with Crippen LogP contribution in [0.5, 0.6) is 0 Å². The summed E-state index contributed by atoms with van der Waals surface area (Å²) >= 11 is 5.83. The molecule has 0 saturated carbocycles. The molecule has 0 amide bonds. The molecule has 3 rings (SSSR count). The largest absolute Gasteiger partial charge is 0.463 e. The minimum absolute atomic E-state index is 0.215. The van der Waals surface area contributed by atoms with E-state index in [1.165, 1.54) is 12.3 Å². The van der Waals surface area contributed by atoms with Crippen LogP contribution in [0.4, 0.5) is 0 Å². The Morgan fingerprint density at radius 1 is 1.17 bits per heavy atom. The van der Waals surface area contributed by atoms with Gasteiger partial charge in [-0.1, -0.05) is 11.6 Å². The normalized spacial score (nSPS) is 12.1. The first-order valence-electron chi connectivity index (χ1n) is 7.00. The SMILES string of the molecule is C[C@H](C(=O)c1ccc(Cl)cc1)n1nc(-c2ccco2)ccc1=O. The number of rotatable bonds is 4. The summed E-state index contributed by atoms with van der Waals surface area (Å²) in [6.45, 7) is 1.64. The van der Waals surface area contributed by atoms with Crippen LogP contribution in [0.15, 0.2) is 64.0 Å². The predicted octanol–water partition coefficient (Wildman–Crippen LogP) is 3.60. The number of benzene rings is 1. The number of aromatic nitrogens is 2. The number of ketones is 1. The van der Waals surface area contributed by atoms with E-state index in [9.17, 15) is 9.59 Å². The van der Waals surface area contributed by atoms with E-state index in [2.05, 4.69) is 5.10 Å². The highest BCUT2D eigenvalue weighted by Gasteiger charge is 2.20. The zero-order valence-electron chi connectivity index (χ0n) is 12.3. The number of hydrogen-bond donors (Lipinski definition) is 0. The van der Waals surface area contributed by atoms with Crippen molar-refractivity contribution in [1.82, 2.24) is 9.78 Å². The zero-order chi connectivity index (χ0) is 16.4. The summed E-state index contributed by atoms with van der Waals surface area (Å²) in [5.41, 5.74) is 0.611. The van der Waals surface area contributed by atoms with Gasteiger partial charge in [-0.3, -0.25) is 9.59 Å². The van der Waals surface area contributed by atoms with Crippen LogP contribution >= 0.6 is 11.6 Å². The van der Waals surface area contributed by atoms with Crippen molar-refractivity contribution < 1.29 is 9.21 Å². The zero-order valence-corrected chi connectivity index (χ0v) is 13.0. The van der Waals surface area contributed by atoms with Crippen LogP contribution in [-0.2, 0) is 0 Å². The van der Waals surface area contributed by atoms with Crippen molar-refractivity contribution in [3.05, 3.63) is 75.7 Å². The molecular formula is C17H13ClN2O3. The van der Waals surface area contributed by atoms with E-state index >= 15 is 0 Å². The molecule has 6 heteroatoms. The number of halogens is 1. The highest BCUT2D eigenvalue weighted by Crippen LogP contribution is 2.18. The molecule has 3 aromatic rings. The summed E-state index contributed by atoms with van der Waals surface area (Å²) in [7, 11) is 0. The Balaban J connectivity index is 1.97. The van der Waals surface area contributed by atoms with Crippen LogP contribution < -0.4 is 5.56 Å². The number of furan rings is 1. The molecule has 2 heterocycles. The predicted molar refractivity (Wildman–Crippen MR) is 86.7 cm³/mol. The lowest BCUT2D eigenvalue weighted by Gasteiger charge is -2.13. The van der Waals surface area contributed by atoms with Crippen LogP contribution in [0.25, 0.3) is 11.5 Å². The maximum absolute atomic E-state index is 12.5. The summed E-state index contributed by atoms with van der Waals surface area (Å²) < 4.78 is 6.44. The second-order valence-electron chi connectivity index (χ2n) is 5.03. The molecule has 0 unspecified atom stereocenters. The quantitative estimate of drug-likeness (QED) is 0.686. The van der Waals surface area contributed by atoms with Crippen molar-refractivity contribution in [1.29, 1.82) is 0 Å². The molecule has 1 aromatic carbocycles.